The van der Waals surface area contributed by atoms with E-state index in [0.717, 1.165) is 0 Å². The summed E-state index contributed by atoms with van der Waals surface area (Å²) in [5, 5.41) is 0. The van der Waals surface area contributed by atoms with Gasteiger partial charge in [0.1, 0.15) is 6.61 Å². The zero-order valence-corrected chi connectivity index (χ0v) is 11.0. The highest BCUT2D eigenvalue weighted by Crippen LogP contribution is 1.83. The fraction of sp³-hybridized carbons (Fsp3) is 0.917. The monoisotopic (exact) mass is 263 g/mol. The normalized spacial score (nSPS) is 10.7. The van der Waals surface area contributed by atoms with Crippen LogP contribution in [-0.4, -0.2) is 72.4 Å². The number of carbonyl (C=O) groups excluding carboxylic acids is 1. The van der Waals surface area contributed by atoms with Crippen LogP contribution in [-0.2, 0) is 28.5 Å². The van der Waals surface area contributed by atoms with E-state index in [1.165, 1.54) is 0 Å². The Balaban J connectivity index is 2.88. The van der Waals surface area contributed by atoms with Crippen molar-refractivity contribution in [2.24, 2.45) is 0 Å². The standard InChI is InChI=1S/C12H23O6/c1-2-14-5-6-16-9-10-18-12-11-17-8-7-15-4-3-13/h2,4-12H2,1H3. The lowest BCUT2D eigenvalue weighted by Gasteiger charge is -2.06. The van der Waals surface area contributed by atoms with Crippen LogP contribution in [0.15, 0.2) is 0 Å². The molecule has 0 aliphatic rings. The SMILES string of the molecule is CCOCCOCCOCCOCCOC[C]=O. The van der Waals surface area contributed by atoms with Crippen LogP contribution in [0.5, 0.6) is 0 Å². The quantitative estimate of drug-likeness (QED) is 0.393. The number of hydrogen-bond donors (Lipinski definition) is 0. The molecule has 0 atom stereocenters. The van der Waals surface area contributed by atoms with Gasteiger partial charge in [-0.15, -0.1) is 0 Å². The Labute approximate surface area is 108 Å². The molecule has 107 valence electrons. The van der Waals surface area contributed by atoms with E-state index in [2.05, 4.69) is 0 Å². The van der Waals surface area contributed by atoms with E-state index >= 15 is 0 Å². The number of ether oxygens (including phenoxy) is 5. The molecule has 0 rings (SSSR count). The van der Waals surface area contributed by atoms with Crippen molar-refractivity contribution in [1.82, 2.24) is 0 Å². The molecule has 0 aromatic rings. The Kier molecular flexibility index (Phi) is 16.0. The summed E-state index contributed by atoms with van der Waals surface area (Å²) in [5.74, 6) is 0. The van der Waals surface area contributed by atoms with Gasteiger partial charge in [0.05, 0.1) is 52.9 Å². The highest BCUT2D eigenvalue weighted by molar-refractivity contribution is 5.51. The third-order valence-electron chi connectivity index (χ3n) is 1.85. The highest BCUT2D eigenvalue weighted by atomic mass is 16.6. The molecule has 0 amide bonds. The first-order valence-electron chi connectivity index (χ1n) is 6.15. The molecule has 0 spiro atoms. The van der Waals surface area contributed by atoms with Gasteiger partial charge >= 0.3 is 0 Å². The van der Waals surface area contributed by atoms with Crippen molar-refractivity contribution in [3.63, 3.8) is 0 Å². The Bertz CT molecular complexity index is 165. The van der Waals surface area contributed by atoms with E-state index in [1.807, 2.05) is 6.92 Å². The minimum absolute atomic E-state index is 0.00105. The topological polar surface area (TPSA) is 63.2 Å². The van der Waals surface area contributed by atoms with Crippen molar-refractivity contribution in [2.45, 2.75) is 6.92 Å². The molecule has 0 fully saturated rings. The molecule has 0 heterocycles. The zero-order chi connectivity index (χ0) is 13.3. The zero-order valence-electron chi connectivity index (χ0n) is 11.0. The van der Waals surface area contributed by atoms with Gasteiger partial charge in [0.25, 0.3) is 0 Å². The molecular formula is C12H23O6. The minimum atomic E-state index is -0.00105. The van der Waals surface area contributed by atoms with Crippen molar-refractivity contribution in [2.75, 3.05) is 66.1 Å². The molecule has 0 aliphatic heterocycles. The average Bonchev–Trinajstić information content (AvgIpc) is 2.39. The van der Waals surface area contributed by atoms with Crippen LogP contribution in [0, 0.1) is 0 Å². The number of rotatable bonds is 15. The molecule has 6 heteroatoms. The van der Waals surface area contributed by atoms with Crippen molar-refractivity contribution < 1.29 is 28.5 Å². The summed E-state index contributed by atoms with van der Waals surface area (Å²) in [4.78, 5) is 9.79. The van der Waals surface area contributed by atoms with Crippen LogP contribution in [0.1, 0.15) is 6.92 Å². The molecule has 6 nitrogen and oxygen atoms in total. The first-order chi connectivity index (χ1) is 8.91. The first kappa shape index (κ1) is 17.5. The maximum Gasteiger partial charge on any atom is 0.226 e. The molecule has 0 aliphatic carbocycles. The fourth-order valence-electron chi connectivity index (χ4n) is 1.04. The van der Waals surface area contributed by atoms with Crippen LogP contribution in [0.2, 0.25) is 0 Å². The van der Waals surface area contributed by atoms with E-state index in [1.54, 1.807) is 6.29 Å². The highest BCUT2D eigenvalue weighted by Gasteiger charge is 1.92. The molecule has 0 bridgehead atoms. The van der Waals surface area contributed by atoms with Crippen LogP contribution < -0.4 is 0 Å². The lowest BCUT2D eigenvalue weighted by Crippen LogP contribution is -2.13. The van der Waals surface area contributed by atoms with E-state index in [9.17, 15) is 4.79 Å². The van der Waals surface area contributed by atoms with Gasteiger partial charge in [0.2, 0.25) is 6.29 Å². The Morgan fingerprint density at radius 3 is 1.44 bits per heavy atom. The van der Waals surface area contributed by atoms with Gasteiger partial charge < -0.3 is 23.7 Å². The first-order valence-corrected chi connectivity index (χ1v) is 6.15. The van der Waals surface area contributed by atoms with Gasteiger partial charge in [-0.3, -0.25) is 4.79 Å². The smallest absolute Gasteiger partial charge is 0.226 e. The summed E-state index contributed by atoms with van der Waals surface area (Å²) in [6, 6.07) is 0. The van der Waals surface area contributed by atoms with Gasteiger partial charge in [-0.1, -0.05) is 0 Å². The molecular weight excluding hydrogens is 240 g/mol. The van der Waals surface area contributed by atoms with Crippen LogP contribution in [0.3, 0.4) is 0 Å². The predicted molar refractivity (Wildman–Crippen MR) is 65.5 cm³/mol. The summed E-state index contributed by atoms with van der Waals surface area (Å²) in [6.07, 6.45) is 1.64. The molecule has 0 saturated carbocycles. The van der Waals surface area contributed by atoms with Gasteiger partial charge in [-0.05, 0) is 6.92 Å². The van der Waals surface area contributed by atoms with Crippen molar-refractivity contribution in [3.8, 4) is 0 Å². The molecule has 18 heavy (non-hydrogen) atoms. The lowest BCUT2D eigenvalue weighted by atomic mass is 10.7. The van der Waals surface area contributed by atoms with E-state index in [4.69, 9.17) is 23.7 Å². The van der Waals surface area contributed by atoms with E-state index in [-0.39, 0.29) is 6.61 Å². The van der Waals surface area contributed by atoms with Crippen LogP contribution >= 0.6 is 0 Å². The second-order valence-corrected chi connectivity index (χ2v) is 3.23. The third kappa shape index (κ3) is 15.5. The summed E-state index contributed by atoms with van der Waals surface area (Å²) in [5.41, 5.74) is 0. The Hall–Kier alpha value is -0.530. The van der Waals surface area contributed by atoms with Crippen LogP contribution in [0.25, 0.3) is 0 Å². The third-order valence-corrected chi connectivity index (χ3v) is 1.85. The maximum absolute atomic E-state index is 9.79. The summed E-state index contributed by atoms with van der Waals surface area (Å²) in [7, 11) is 0. The van der Waals surface area contributed by atoms with Crippen molar-refractivity contribution >= 4 is 6.29 Å². The van der Waals surface area contributed by atoms with Gasteiger partial charge in [-0.2, -0.15) is 0 Å². The fourth-order valence-corrected chi connectivity index (χ4v) is 1.04. The molecule has 0 saturated heterocycles. The Morgan fingerprint density at radius 1 is 0.667 bits per heavy atom. The Morgan fingerprint density at radius 2 is 1.06 bits per heavy atom. The van der Waals surface area contributed by atoms with Gasteiger partial charge in [0.15, 0.2) is 0 Å². The van der Waals surface area contributed by atoms with Crippen molar-refractivity contribution in [1.29, 1.82) is 0 Å². The molecule has 0 unspecified atom stereocenters. The average molecular weight is 263 g/mol. The number of hydrogen-bond acceptors (Lipinski definition) is 6. The maximum atomic E-state index is 9.79. The van der Waals surface area contributed by atoms with Gasteiger partial charge in [-0.25, -0.2) is 0 Å². The second-order valence-electron chi connectivity index (χ2n) is 3.23. The van der Waals surface area contributed by atoms with E-state index in [0.29, 0.717) is 59.5 Å². The van der Waals surface area contributed by atoms with Gasteiger partial charge in [0, 0.05) is 6.61 Å². The molecule has 0 N–H and O–H groups in total. The molecule has 0 aromatic carbocycles. The second kappa shape index (κ2) is 16.5. The molecule has 1 radical (unpaired) electrons. The molecule has 0 aromatic heterocycles. The predicted octanol–water partition coefficient (Wildman–Crippen LogP) is 0.199. The van der Waals surface area contributed by atoms with E-state index < -0.39 is 0 Å². The lowest BCUT2D eigenvalue weighted by molar-refractivity contribution is -0.00803. The van der Waals surface area contributed by atoms with Crippen LogP contribution in [0.4, 0.5) is 0 Å². The minimum Gasteiger partial charge on any atom is -0.379 e. The summed E-state index contributed by atoms with van der Waals surface area (Å²) >= 11 is 0. The largest absolute Gasteiger partial charge is 0.379 e. The summed E-state index contributed by atoms with van der Waals surface area (Å²) in [6.45, 7) is 6.87. The van der Waals surface area contributed by atoms with Crippen molar-refractivity contribution in [3.05, 3.63) is 0 Å². The summed E-state index contributed by atoms with van der Waals surface area (Å²) < 4.78 is 25.7.